The number of Topliss-reactive ketones (excluding diaryl/α,β-unsaturated/α-hetero) is 1. The van der Waals surface area contributed by atoms with Crippen LogP contribution in [0.5, 0.6) is 0 Å². The van der Waals surface area contributed by atoms with E-state index in [0.717, 1.165) is 30.1 Å². The molecular formula is C17H18N2O3S2. The summed E-state index contributed by atoms with van der Waals surface area (Å²) < 4.78 is 5.63. The highest BCUT2D eigenvalue weighted by molar-refractivity contribution is 7.99. The Balaban J connectivity index is 1.68. The minimum Gasteiger partial charge on any atom is -0.377 e. The monoisotopic (exact) mass is 362 g/mol. The maximum atomic E-state index is 12.5. The average molecular weight is 362 g/mol. The van der Waals surface area contributed by atoms with E-state index in [9.17, 15) is 9.59 Å². The first-order chi connectivity index (χ1) is 11.6. The molecule has 24 heavy (non-hydrogen) atoms. The molecule has 2 heterocycles. The number of rotatable bonds is 6. The van der Waals surface area contributed by atoms with Crippen molar-refractivity contribution in [1.29, 1.82) is 0 Å². The molecule has 0 aliphatic carbocycles. The third-order valence-electron chi connectivity index (χ3n) is 3.67. The molecule has 3 rings (SSSR count). The molecule has 0 radical (unpaired) electrons. The molecule has 1 aliphatic heterocycles. The number of carbonyl (C=O) groups excluding carboxylic acids is 2. The van der Waals surface area contributed by atoms with Crippen LogP contribution in [-0.4, -0.2) is 35.1 Å². The molecule has 0 bridgehead atoms. The molecule has 1 amide bonds. The van der Waals surface area contributed by atoms with E-state index < -0.39 is 0 Å². The first kappa shape index (κ1) is 17.1. The van der Waals surface area contributed by atoms with Crippen molar-refractivity contribution in [3.63, 3.8) is 0 Å². The van der Waals surface area contributed by atoms with Gasteiger partial charge in [0, 0.05) is 29.6 Å². The van der Waals surface area contributed by atoms with Crippen LogP contribution in [0, 0.1) is 0 Å². The molecule has 5 nitrogen and oxygen atoms in total. The van der Waals surface area contributed by atoms with Gasteiger partial charge in [-0.1, -0.05) is 12.1 Å². The molecule has 0 saturated carbocycles. The highest BCUT2D eigenvalue weighted by Gasteiger charge is 2.18. The Morgan fingerprint density at radius 2 is 2.25 bits per heavy atom. The summed E-state index contributed by atoms with van der Waals surface area (Å²) in [5.41, 5.74) is 0.983. The molecule has 1 N–H and O–H groups in total. The number of nitrogens with one attached hydrogen (secondary N) is 1. The van der Waals surface area contributed by atoms with Crippen LogP contribution in [0.25, 0.3) is 0 Å². The van der Waals surface area contributed by atoms with Crippen LogP contribution >= 0.6 is 23.1 Å². The average Bonchev–Trinajstić information content (AvgIpc) is 3.25. The second kappa shape index (κ2) is 7.92. The summed E-state index contributed by atoms with van der Waals surface area (Å²) in [6.45, 7) is 2.29. The minimum atomic E-state index is -0.213. The van der Waals surface area contributed by atoms with Gasteiger partial charge < -0.3 is 4.74 Å². The van der Waals surface area contributed by atoms with Gasteiger partial charge in [-0.3, -0.25) is 14.9 Å². The van der Waals surface area contributed by atoms with Crippen molar-refractivity contribution < 1.29 is 14.3 Å². The highest BCUT2D eigenvalue weighted by Crippen LogP contribution is 2.27. The quantitative estimate of drug-likeness (QED) is 0.624. The number of thiazole rings is 1. The van der Waals surface area contributed by atoms with Gasteiger partial charge >= 0.3 is 0 Å². The van der Waals surface area contributed by atoms with Crippen LogP contribution in [0.4, 0.5) is 5.13 Å². The van der Waals surface area contributed by atoms with Crippen molar-refractivity contribution in [1.82, 2.24) is 4.98 Å². The molecule has 1 aromatic carbocycles. The molecular weight excluding hydrogens is 344 g/mol. The zero-order valence-corrected chi connectivity index (χ0v) is 14.9. The number of carbonyl (C=O) groups is 2. The summed E-state index contributed by atoms with van der Waals surface area (Å²) in [5, 5.41) is 4.86. The summed E-state index contributed by atoms with van der Waals surface area (Å²) in [6.07, 6.45) is 2.45. The fraction of sp³-hybridized carbons (Fsp3) is 0.353. The van der Waals surface area contributed by atoms with E-state index in [1.807, 2.05) is 18.2 Å². The van der Waals surface area contributed by atoms with E-state index in [-0.39, 0.29) is 17.8 Å². The number of benzene rings is 1. The number of hydrogen-bond acceptors (Lipinski definition) is 6. The van der Waals surface area contributed by atoms with Gasteiger partial charge in [-0.05, 0) is 25.0 Å². The molecule has 1 fully saturated rings. The molecule has 7 heteroatoms. The standard InChI is InChI=1S/C17H18N2O3S2/c1-11(20)14-10-24-17(18-14)19-16(21)13-6-2-3-7-15(13)23-9-12-5-4-8-22-12/h2-3,6-7,10,12H,4-5,8-9H2,1H3,(H,18,19,21). The number of aromatic nitrogens is 1. The van der Waals surface area contributed by atoms with Gasteiger partial charge in [-0.2, -0.15) is 0 Å². The summed E-state index contributed by atoms with van der Waals surface area (Å²) in [5.74, 6) is 0.518. The fourth-order valence-electron chi connectivity index (χ4n) is 2.40. The molecule has 1 atom stereocenters. The third-order valence-corrected chi connectivity index (χ3v) is 5.63. The Hall–Kier alpha value is -1.70. The fourth-order valence-corrected chi connectivity index (χ4v) is 4.26. The Morgan fingerprint density at radius 3 is 2.96 bits per heavy atom. The molecule has 126 valence electrons. The van der Waals surface area contributed by atoms with Gasteiger partial charge in [0.05, 0.1) is 11.7 Å². The van der Waals surface area contributed by atoms with E-state index in [4.69, 9.17) is 4.74 Å². The van der Waals surface area contributed by atoms with Crippen LogP contribution in [-0.2, 0) is 4.74 Å². The summed E-state index contributed by atoms with van der Waals surface area (Å²) in [4.78, 5) is 28.9. The lowest BCUT2D eigenvalue weighted by atomic mass is 10.2. The van der Waals surface area contributed by atoms with Crippen LogP contribution in [0.1, 0.15) is 40.6 Å². The van der Waals surface area contributed by atoms with E-state index >= 15 is 0 Å². The lowest BCUT2D eigenvalue weighted by Crippen LogP contribution is -2.14. The summed E-state index contributed by atoms with van der Waals surface area (Å²) in [7, 11) is 0. The molecule has 1 unspecified atom stereocenters. The second-order valence-electron chi connectivity index (χ2n) is 5.49. The van der Waals surface area contributed by atoms with Crippen LogP contribution in [0.15, 0.2) is 34.5 Å². The van der Waals surface area contributed by atoms with Gasteiger partial charge in [0.2, 0.25) is 0 Å². The van der Waals surface area contributed by atoms with Crippen molar-refractivity contribution in [2.24, 2.45) is 0 Å². The normalized spacial score (nSPS) is 17.0. The van der Waals surface area contributed by atoms with E-state index in [1.165, 1.54) is 18.3 Å². The number of thioether (sulfide) groups is 1. The van der Waals surface area contributed by atoms with Crippen LogP contribution in [0.3, 0.4) is 0 Å². The van der Waals surface area contributed by atoms with Gasteiger partial charge in [-0.15, -0.1) is 23.1 Å². The molecule has 1 saturated heterocycles. The van der Waals surface area contributed by atoms with E-state index in [2.05, 4.69) is 10.3 Å². The lowest BCUT2D eigenvalue weighted by molar-refractivity contribution is 0.100. The number of anilines is 1. The van der Waals surface area contributed by atoms with Crippen molar-refractivity contribution in [2.75, 3.05) is 17.7 Å². The van der Waals surface area contributed by atoms with Gasteiger partial charge in [0.15, 0.2) is 10.9 Å². The predicted octanol–water partition coefficient (Wildman–Crippen LogP) is 3.87. The Labute approximate surface area is 148 Å². The molecule has 1 aliphatic rings. The van der Waals surface area contributed by atoms with Crippen LogP contribution in [0.2, 0.25) is 0 Å². The SMILES string of the molecule is CC(=O)c1csc(NC(=O)c2ccccc2SCC2CCCO2)n1. The van der Waals surface area contributed by atoms with E-state index in [0.29, 0.717) is 16.4 Å². The number of ketones is 1. The number of amides is 1. The minimum absolute atomic E-state index is 0.112. The van der Waals surface area contributed by atoms with E-state index in [1.54, 1.807) is 23.2 Å². The van der Waals surface area contributed by atoms with Crippen molar-refractivity contribution in [2.45, 2.75) is 30.8 Å². The summed E-state index contributed by atoms with van der Waals surface area (Å²) in [6, 6.07) is 7.50. The summed E-state index contributed by atoms with van der Waals surface area (Å²) >= 11 is 2.89. The first-order valence-corrected chi connectivity index (χ1v) is 9.61. The maximum absolute atomic E-state index is 12.5. The van der Waals surface area contributed by atoms with Gasteiger partial charge in [0.25, 0.3) is 5.91 Å². The second-order valence-corrected chi connectivity index (χ2v) is 7.41. The van der Waals surface area contributed by atoms with Crippen LogP contribution < -0.4 is 5.32 Å². The largest absolute Gasteiger partial charge is 0.377 e. The Morgan fingerprint density at radius 1 is 1.42 bits per heavy atom. The lowest BCUT2D eigenvalue weighted by Gasteiger charge is -2.11. The van der Waals surface area contributed by atoms with Crippen molar-refractivity contribution >= 4 is 39.9 Å². The zero-order chi connectivity index (χ0) is 16.9. The predicted molar refractivity (Wildman–Crippen MR) is 96.2 cm³/mol. The van der Waals surface area contributed by atoms with Crippen molar-refractivity contribution in [3.05, 3.63) is 40.9 Å². The number of ether oxygens (including phenoxy) is 1. The molecule has 1 aromatic heterocycles. The number of hydrogen-bond donors (Lipinski definition) is 1. The topological polar surface area (TPSA) is 68.3 Å². The number of nitrogens with zero attached hydrogens (tertiary/aromatic N) is 1. The zero-order valence-electron chi connectivity index (χ0n) is 13.3. The van der Waals surface area contributed by atoms with Crippen molar-refractivity contribution in [3.8, 4) is 0 Å². The third kappa shape index (κ3) is 4.23. The first-order valence-electron chi connectivity index (χ1n) is 7.74. The highest BCUT2D eigenvalue weighted by atomic mass is 32.2. The van der Waals surface area contributed by atoms with Gasteiger partial charge in [-0.25, -0.2) is 4.98 Å². The molecule has 2 aromatic rings. The van der Waals surface area contributed by atoms with Gasteiger partial charge in [0.1, 0.15) is 5.69 Å². The smallest absolute Gasteiger partial charge is 0.258 e. The molecule has 0 spiro atoms. The Kier molecular flexibility index (Phi) is 5.65. The maximum Gasteiger partial charge on any atom is 0.258 e. The Bertz CT molecular complexity index is 739.